The third-order valence-corrected chi connectivity index (χ3v) is 2.27. The van der Waals surface area contributed by atoms with Crippen molar-refractivity contribution in [3.05, 3.63) is 23.8 Å². The van der Waals surface area contributed by atoms with Gasteiger partial charge in [-0.2, -0.15) is 18.4 Å². The highest BCUT2D eigenvalue weighted by molar-refractivity contribution is 5.62. The van der Waals surface area contributed by atoms with E-state index in [4.69, 9.17) is 11.0 Å². The van der Waals surface area contributed by atoms with Crippen molar-refractivity contribution in [3.8, 4) is 6.07 Å². The zero-order valence-electron chi connectivity index (χ0n) is 9.25. The predicted octanol–water partition coefficient (Wildman–Crippen LogP) is 2.53. The lowest BCUT2D eigenvalue weighted by Crippen LogP contribution is -2.34. The van der Waals surface area contributed by atoms with Crippen LogP contribution in [0.15, 0.2) is 18.2 Å². The fourth-order valence-corrected chi connectivity index (χ4v) is 1.44. The Morgan fingerprint density at radius 1 is 1.41 bits per heavy atom. The molecule has 0 aliphatic rings. The van der Waals surface area contributed by atoms with E-state index >= 15 is 0 Å². The molecule has 1 aromatic rings. The Balaban J connectivity index is 3.01. The van der Waals surface area contributed by atoms with Crippen LogP contribution in [0.1, 0.15) is 12.5 Å². The molecule has 0 aliphatic carbocycles. The van der Waals surface area contributed by atoms with Gasteiger partial charge in [-0.25, -0.2) is 0 Å². The lowest BCUT2D eigenvalue weighted by molar-refractivity contribution is -0.119. The van der Waals surface area contributed by atoms with Crippen molar-refractivity contribution in [1.82, 2.24) is 0 Å². The summed E-state index contributed by atoms with van der Waals surface area (Å²) in [7, 11) is 0. The van der Waals surface area contributed by atoms with E-state index in [-0.39, 0.29) is 17.8 Å². The van der Waals surface area contributed by atoms with E-state index in [2.05, 4.69) is 0 Å². The van der Waals surface area contributed by atoms with Gasteiger partial charge >= 0.3 is 6.18 Å². The molecule has 2 N–H and O–H groups in total. The number of nitrogen functional groups attached to an aromatic ring is 1. The zero-order chi connectivity index (χ0) is 13.1. The molecule has 0 unspecified atom stereocenters. The number of halogens is 3. The van der Waals surface area contributed by atoms with Crippen LogP contribution >= 0.6 is 0 Å². The highest BCUT2D eigenvalue weighted by Crippen LogP contribution is 2.24. The fourth-order valence-electron chi connectivity index (χ4n) is 1.44. The summed E-state index contributed by atoms with van der Waals surface area (Å²) in [4.78, 5) is 1.14. The van der Waals surface area contributed by atoms with E-state index in [1.54, 1.807) is 6.92 Å². The molecular formula is C11H12F3N3. The number of benzene rings is 1. The van der Waals surface area contributed by atoms with Crippen molar-refractivity contribution >= 4 is 11.4 Å². The summed E-state index contributed by atoms with van der Waals surface area (Å²) >= 11 is 0. The average molecular weight is 243 g/mol. The Labute approximate surface area is 97.2 Å². The molecule has 0 atom stereocenters. The second kappa shape index (κ2) is 4.95. The summed E-state index contributed by atoms with van der Waals surface area (Å²) < 4.78 is 36.9. The topological polar surface area (TPSA) is 53.0 Å². The van der Waals surface area contributed by atoms with Crippen LogP contribution in [0, 0.1) is 11.3 Å². The van der Waals surface area contributed by atoms with E-state index in [9.17, 15) is 13.2 Å². The minimum atomic E-state index is -4.27. The number of alkyl halides is 3. The van der Waals surface area contributed by atoms with Gasteiger partial charge in [0.2, 0.25) is 0 Å². The summed E-state index contributed by atoms with van der Waals surface area (Å²) in [6.07, 6.45) is -4.27. The van der Waals surface area contributed by atoms with Crippen molar-refractivity contribution in [3.63, 3.8) is 0 Å². The molecule has 92 valence electrons. The van der Waals surface area contributed by atoms with Gasteiger partial charge in [-0.05, 0) is 25.1 Å². The molecule has 3 nitrogen and oxygen atoms in total. The van der Waals surface area contributed by atoms with E-state index in [1.807, 2.05) is 6.07 Å². The van der Waals surface area contributed by atoms with E-state index < -0.39 is 12.7 Å². The molecule has 0 aromatic heterocycles. The van der Waals surface area contributed by atoms with Crippen molar-refractivity contribution in [2.75, 3.05) is 23.7 Å². The maximum absolute atomic E-state index is 12.3. The van der Waals surface area contributed by atoms with Gasteiger partial charge in [-0.15, -0.1) is 0 Å². The lowest BCUT2D eigenvalue weighted by Gasteiger charge is -2.24. The van der Waals surface area contributed by atoms with E-state index in [0.29, 0.717) is 5.69 Å². The molecule has 0 bridgehead atoms. The predicted molar refractivity (Wildman–Crippen MR) is 59.5 cm³/mol. The number of rotatable bonds is 3. The number of hydrogen-bond donors (Lipinski definition) is 1. The second-order valence-corrected chi connectivity index (χ2v) is 3.51. The van der Waals surface area contributed by atoms with Gasteiger partial charge in [0.05, 0.1) is 5.56 Å². The van der Waals surface area contributed by atoms with Gasteiger partial charge in [0, 0.05) is 17.9 Å². The van der Waals surface area contributed by atoms with Gasteiger partial charge in [0.1, 0.15) is 12.6 Å². The first-order valence-electron chi connectivity index (χ1n) is 4.98. The summed E-state index contributed by atoms with van der Waals surface area (Å²) in [5.41, 5.74) is 6.30. The Hall–Kier alpha value is -1.90. The van der Waals surface area contributed by atoms with Crippen molar-refractivity contribution < 1.29 is 13.2 Å². The Bertz CT molecular complexity index is 435. The fraction of sp³-hybridized carbons (Fsp3) is 0.364. The minimum Gasteiger partial charge on any atom is -0.398 e. The highest BCUT2D eigenvalue weighted by Gasteiger charge is 2.30. The monoisotopic (exact) mass is 243 g/mol. The van der Waals surface area contributed by atoms with Gasteiger partial charge < -0.3 is 10.6 Å². The molecule has 0 saturated carbocycles. The van der Waals surface area contributed by atoms with Crippen LogP contribution in [0.25, 0.3) is 0 Å². The Kier molecular flexibility index (Phi) is 3.84. The number of nitrogens with zero attached hydrogens (tertiary/aromatic N) is 2. The van der Waals surface area contributed by atoms with Gasteiger partial charge in [-0.3, -0.25) is 0 Å². The van der Waals surface area contributed by atoms with Gasteiger partial charge in [-0.1, -0.05) is 0 Å². The van der Waals surface area contributed by atoms with Crippen molar-refractivity contribution in [1.29, 1.82) is 5.26 Å². The molecule has 6 heteroatoms. The van der Waals surface area contributed by atoms with Crippen LogP contribution < -0.4 is 10.6 Å². The molecule has 1 aromatic carbocycles. The van der Waals surface area contributed by atoms with Crippen LogP contribution in [0.2, 0.25) is 0 Å². The van der Waals surface area contributed by atoms with Crippen LogP contribution in [-0.4, -0.2) is 19.3 Å². The number of nitriles is 1. The van der Waals surface area contributed by atoms with Gasteiger partial charge in [0.25, 0.3) is 0 Å². The van der Waals surface area contributed by atoms with Crippen molar-refractivity contribution in [2.45, 2.75) is 13.1 Å². The summed E-state index contributed by atoms with van der Waals surface area (Å²) in [6, 6.07) is 6.13. The molecule has 0 saturated heterocycles. The van der Waals surface area contributed by atoms with Crippen LogP contribution in [0.4, 0.5) is 24.5 Å². The smallest absolute Gasteiger partial charge is 0.398 e. The lowest BCUT2D eigenvalue weighted by atomic mass is 10.1. The molecule has 0 spiro atoms. The van der Waals surface area contributed by atoms with E-state index in [0.717, 1.165) is 4.90 Å². The van der Waals surface area contributed by atoms with Crippen LogP contribution in [-0.2, 0) is 0 Å². The number of anilines is 2. The molecule has 0 aliphatic heterocycles. The first-order chi connectivity index (χ1) is 7.87. The number of hydrogen-bond acceptors (Lipinski definition) is 3. The standard InChI is InChI=1S/C11H12F3N3/c1-2-17(7-11(12,13)14)9-3-4-10(16)8(5-9)6-15/h3-5H,2,7,16H2,1H3. The quantitative estimate of drug-likeness (QED) is 0.830. The highest BCUT2D eigenvalue weighted by atomic mass is 19.4. The molecule has 1 rings (SSSR count). The summed E-state index contributed by atoms with van der Waals surface area (Å²) in [5.74, 6) is 0. The largest absolute Gasteiger partial charge is 0.405 e. The molecule has 0 heterocycles. The first-order valence-corrected chi connectivity index (χ1v) is 4.98. The molecule has 0 fully saturated rings. The Morgan fingerprint density at radius 2 is 2.06 bits per heavy atom. The average Bonchev–Trinajstić information content (AvgIpc) is 2.25. The van der Waals surface area contributed by atoms with Gasteiger partial charge in [0.15, 0.2) is 0 Å². The SMILES string of the molecule is CCN(CC(F)(F)F)c1ccc(N)c(C#N)c1. The zero-order valence-corrected chi connectivity index (χ0v) is 9.25. The molecule has 0 radical (unpaired) electrons. The molecule has 17 heavy (non-hydrogen) atoms. The van der Waals surface area contributed by atoms with Crippen LogP contribution in [0.5, 0.6) is 0 Å². The maximum Gasteiger partial charge on any atom is 0.405 e. The third-order valence-electron chi connectivity index (χ3n) is 2.27. The normalized spacial score (nSPS) is 11.0. The first kappa shape index (κ1) is 13.2. The van der Waals surface area contributed by atoms with Crippen LogP contribution in [0.3, 0.4) is 0 Å². The number of nitrogens with two attached hydrogens (primary N) is 1. The maximum atomic E-state index is 12.3. The van der Waals surface area contributed by atoms with E-state index in [1.165, 1.54) is 18.2 Å². The molecule has 0 amide bonds. The second-order valence-electron chi connectivity index (χ2n) is 3.51. The molecular weight excluding hydrogens is 231 g/mol. The summed E-state index contributed by atoms with van der Waals surface area (Å²) in [5, 5.41) is 8.76. The minimum absolute atomic E-state index is 0.183. The Morgan fingerprint density at radius 3 is 2.53 bits per heavy atom. The summed E-state index contributed by atoms with van der Waals surface area (Å²) in [6.45, 7) is 0.779. The third kappa shape index (κ3) is 3.55. The van der Waals surface area contributed by atoms with Crippen molar-refractivity contribution in [2.24, 2.45) is 0 Å².